The van der Waals surface area contributed by atoms with Gasteiger partial charge >= 0.3 is 6.03 Å². The minimum absolute atomic E-state index is 0.0203. The fourth-order valence-corrected chi connectivity index (χ4v) is 4.19. The number of aliphatic hydroxyl groups excluding tert-OH is 1. The third-order valence-electron chi connectivity index (χ3n) is 5.32. The number of aliphatic hydroxyl groups is 2. The maximum absolute atomic E-state index is 12.9. The summed E-state index contributed by atoms with van der Waals surface area (Å²) in [6.45, 7) is 4.54. The molecule has 128 valence electrons. The Balaban J connectivity index is 2.21. The van der Waals surface area contributed by atoms with Gasteiger partial charge < -0.3 is 20.8 Å². The summed E-state index contributed by atoms with van der Waals surface area (Å²) in [4.78, 5) is 37.4. The van der Waals surface area contributed by atoms with E-state index >= 15 is 0 Å². The zero-order valence-corrected chi connectivity index (χ0v) is 13.7. The van der Waals surface area contributed by atoms with Gasteiger partial charge in [0, 0.05) is 11.5 Å². The highest BCUT2D eigenvalue weighted by atomic mass is 16.3. The van der Waals surface area contributed by atoms with Crippen LogP contribution in [0, 0.1) is 11.3 Å². The fourth-order valence-electron chi connectivity index (χ4n) is 4.19. The molecule has 4 rings (SSSR count). The second-order valence-electron chi connectivity index (χ2n) is 6.79. The van der Waals surface area contributed by atoms with Gasteiger partial charge in [-0.1, -0.05) is 18.2 Å². The van der Waals surface area contributed by atoms with Crippen molar-refractivity contribution in [2.75, 3.05) is 0 Å². The van der Waals surface area contributed by atoms with Crippen LogP contribution in [0.25, 0.3) is 0 Å². The van der Waals surface area contributed by atoms with Crippen LogP contribution in [0.15, 0.2) is 35.6 Å². The standard InChI is InChI=1S/C17H20N2O5/c1-4-5-6-7-8(20)9-10-11-12(19-15(23)18-11)16(2,13(9)21)14(22)17(10,3)24/h4-7,10-12,20,24H,1-3H3,(H2,18,19,23)/b5-4+,7-6+,9-8?/t10-,11+,12+,16-,17?/m1/s1. The summed E-state index contributed by atoms with van der Waals surface area (Å²) in [6.07, 6.45) is 6.33. The highest BCUT2D eigenvalue weighted by Gasteiger charge is 2.73. The molecule has 0 aromatic carbocycles. The maximum atomic E-state index is 12.9. The first kappa shape index (κ1) is 16.4. The lowest BCUT2D eigenvalue weighted by Gasteiger charge is -2.56. The summed E-state index contributed by atoms with van der Waals surface area (Å²) < 4.78 is 0. The van der Waals surface area contributed by atoms with Crippen molar-refractivity contribution < 1.29 is 24.6 Å². The van der Waals surface area contributed by atoms with Gasteiger partial charge in [-0.25, -0.2) is 4.79 Å². The average molecular weight is 332 g/mol. The summed E-state index contributed by atoms with van der Waals surface area (Å²) in [7, 11) is 0. The number of carbonyl (C=O) groups excluding carboxylic acids is 3. The molecule has 7 nitrogen and oxygen atoms in total. The molecule has 5 atom stereocenters. The predicted molar refractivity (Wildman–Crippen MR) is 85.1 cm³/mol. The lowest BCUT2D eigenvalue weighted by atomic mass is 9.48. The van der Waals surface area contributed by atoms with E-state index < -0.39 is 46.6 Å². The summed E-state index contributed by atoms with van der Waals surface area (Å²) in [5, 5.41) is 26.4. The van der Waals surface area contributed by atoms with E-state index in [9.17, 15) is 24.6 Å². The van der Waals surface area contributed by atoms with E-state index in [1.807, 2.05) is 0 Å². The number of hydrogen-bond acceptors (Lipinski definition) is 5. The quantitative estimate of drug-likeness (QED) is 0.255. The Labute approximate surface area is 139 Å². The number of hydrogen-bond donors (Lipinski definition) is 4. The second-order valence-corrected chi connectivity index (χ2v) is 6.79. The van der Waals surface area contributed by atoms with Crippen LogP contribution in [0.2, 0.25) is 0 Å². The van der Waals surface area contributed by atoms with E-state index in [4.69, 9.17) is 0 Å². The molecular formula is C17H20N2O5. The molecule has 1 saturated heterocycles. The van der Waals surface area contributed by atoms with E-state index in [0.717, 1.165) is 0 Å². The first-order valence-electron chi connectivity index (χ1n) is 7.79. The summed E-state index contributed by atoms with van der Waals surface area (Å²) in [5.41, 5.74) is -3.51. The smallest absolute Gasteiger partial charge is 0.315 e. The van der Waals surface area contributed by atoms with Crippen LogP contribution in [0.1, 0.15) is 20.8 Å². The molecule has 4 fully saturated rings. The topological polar surface area (TPSA) is 116 Å². The molecule has 0 aromatic heterocycles. The van der Waals surface area contributed by atoms with Crippen LogP contribution in [-0.2, 0) is 9.59 Å². The first-order chi connectivity index (χ1) is 11.2. The monoisotopic (exact) mass is 332 g/mol. The van der Waals surface area contributed by atoms with Crippen molar-refractivity contribution in [3.8, 4) is 0 Å². The third-order valence-corrected chi connectivity index (χ3v) is 5.32. The Morgan fingerprint density at radius 2 is 1.83 bits per heavy atom. The van der Waals surface area contributed by atoms with Crippen LogP contribution < -0.4 is 10.6 Å². The molecule has 3 saturated carbocycles. The average Bonchev–Trinajstić information content (AvgIpc) is 2.90. The predicted octanol–water partition coefficient (Wildman–Crippen LogP) is 0.520. The summed E-state index contributed by atoms with van der Waals surface area (Å²) >= 11 is 0. The highest BCUT2D eigenvalue weighted by molar-refractivity contribution is 6.22. The number of amides is 2. The number of urea groups is 1. The van der Waals surface area contributed by atoms with E-state index in [1.165, 1.54) is 19.9 Å². The van der Waals surface area contributed by atoms with Gasteiger partial charge in [0.1, 0.15) is 16.8 Å². The zero-order valence-electron chi connectivity index (χ0n) is 13.7. The molecule has 0 spiro atoms. The van der Waals surface area contributed by atoms with Crippen LogP contribution in [0.4, 0.5) is 4.79 Å². The van der Waals surface area contributed by atoms with E-state index in [-0.39, 0.29) is 11.3 Å². The molecular weight excluding hydrogens is 312 g/mol. The van der Waals surface area contributed by atoms with Crippen LogP contribution >= 0.6 is 0 Å². The maximum Gasteiger partial charge on any atom is 0.315 e. The highest BCUT2D eigenvalue weighted by Crippen LogP contribution is 2.54. The van der Waals surface area contributed by atoms with Crippen molar-refractivity contribution >= 4 is 17.6 Å². The first-order valence-corrected chi connectivity index (χ1v) is 7.79. The number of ketones is 2. The molecule has 3 aliphatic carbocycles. The summed E-state index contributed by atoms with van der Waals surface area (Å²) in [6, 6.07) is -1.89. The molecule has 0 aromatic rings. The minimum Gasteiger partial charge on any atom is -0.508 e. The lowest BCUT2D eigenvalue weighted by Crippen LogP contribution is -2.76. The Morgan fingerprint density at radius 3 is 2.46 bits per heavy atom. The van der Waals surface area contributed by atoms with Gasteiger partial charge in [0.25, 0.3) is 0 Å². The van der Waals surface area contributed by atoms with Gasteiger partial charge in [0.2, 0.25) is 0 Å². The Hall–Kier alpha value is -2.41. The van der Waals surface area contributed by atoms with Crippen molar-refractivity contribution in [1.82, 2.24) is 10.6 Å². The molecule has 7 heteroatoms. The normalized spacial score (nSPS) is 43.3. The van der Waals surface area contributed by atoms with Crippen molar-refractivity contribution in [3.63, 3.8) is 0 Å². The number of fused-ring (bicyclic) bond motifs is 2. The van der Waals surface area contributed by atoms with Crippen molar-refractivity contribution in [2.24, 2.45) is 11.3 Å². The lowest BCUT2D eigenvalue weighted by molar-refractivity contribution is -0.172. The van der Waals surface area contributed by atoms with Crippen molar-refractivity contribution in [2.45, 2.75) is 38.5 Å². The van der Waals surface area contributed by atoms with Gasteiger partial charge in [0.15, 0.2) is 11.6 Å². The van der Waals surface area contributed by atoms with Crippen molar-refractivity contribution in [3.05, 3.63) is 35.6 Å². The molecule has 2 amide bonds. The van der Waals surface area contributed by atoms with Crippen LogP contribution in [0.3, 0.4) is 0 Å². The molecule has 0 radical (unpaired) electrons. The van der Waals surface area contributed by atoms with Gasteiger partial charge in [-0.05, 0) is 26.8 Å². The number of allylic oxidation sites excluding steroid dienone is 4. The van der Waals surface area contributed by atoms with Gasteiger partial charge in [-0.3, -0.25) is 9.59 Å². The number of nitrogens with one attached hydrogen (secondary N) is 2. The van der Waals surface area contributed by atoms with E-state index in [0.29, 0.717) is 0 Å². The minimum atomic E-state index is -1.86. The van der Waals surface area contributed by atoms with Gasteiger partial charge in [-0.15, -0.1) is 0 Å². The fraction of sp³-hybridized carbons (Fsp3) is 0.471. The second kappa shape index (κ2) is 5.04. The van der Waals surface area contributed by atoms with Crippen molar-refractivity contribution in [1.29, 1.82) is 0 Å². The molecule has 4 aliphatic rings. The molecule has 24 heavy (non-hydrogen) atoms. The zero-order chi connectivity index (χ0) is 17.9. The molecule has 1 aliphatic heterocycles. The molecule has 4 N–H and O–H groups in total. The molecule has 1 heterocycles. The number of rotatable bonds is 2. The van der Waals surface area contributed by atoms with Gasteiger partial charge in [-0.2, -0.15) is 0 Å². The Morgan fingerprint density at radius 1 is 1.17 bits per heavy atom. The SMILES string of the molecule is C/C=C/C=C/C(O)=C1C(=O)[C@]2(C)C(=O)C(C)(O)[C@H]1[C@@H]1NC(=O)N[C@@H]12. The Kier molecular flexibility index (Phi) is 3.46. The van der Waals surface area contributed by atoms with E-state index in [2.05, 4.69) is 10.6 Å². The van der Waals surface area contributed by atoms with Crippen LogP contribution in [-0.4, -0.2) is 45.5 Å². The largest absolute Gasteiger partial charge is 0.508 e. The number of Topliss-reactive ketones (excluding diaryl/α,β-unsaturated/α-hetero) is 2. The molecule has 1 unspecified atom stereocenters. The van der Waals surface area contributed by atoms with Crippen LogP contribution in [0.5, 0.6) is 0 Å². The molecule has 2 bridgehead atoms. The summed E-state index contributed by atoms with van der Waals surface area (Å²) in [5.74, 6) is -2.51. The third kappa shape index (κ3) is 1.84. The number of carbonyl (C=O) groups is 3. The Bertz CT molecular complexity index is 733. The van der Waals surface area contributed by atoms with Gasteiger partial charge in [0.05, 0.1) is 12.1 Å². The van der Waals surface area contributed by atoms with E-state index in [1.54, 1.807) is 25.2 Å².